The molecule has 0 radical (unpaired) electrons. The van der Waals surface area contributed by atoms with E-state index in [1.165, 1.54) is 67.4 Å². The molecule has 5 rings (SSSR count). The van der Waals surface area contributed by atoms with Crippen molar-refractivity contribution in [3.8, 4) is 23.0 Å². The number of carbonyl (C=O) groups is 3. The molecule has 2 heterocycles. The number of rotatable bonds is 29. The molecular formula is C64H92F2O18Si. The van der Waals surface area contributed by atoms with Crippen molar-refractivity contribution in [1.82, 2.24) is 0 Å². The molecule has 9 unspecified atom stereocenters. The van der Waals surface area contributed by atoms with Crippen molar-refractivity contribution < 1.29 is 95.3 Å². The van der Waals surface area contributed by atoms with Crippen LogP contribution in [0, 0.1) is 5.92 Å². The molecule has 474 valence electrons. The first kappa shape index (κ1) is 73.2. The van der Waals surface area contributed by atoms with Gasteiger partial charge in [-0.15, -0.1) is 0 Å². The zero-order valence-electron chi connectivity index (χ0n) is 51.4. The number of hydrogen-bond acceptors (Lipinski definition) is 17. The van der Waals surface area contributed by atoms with E-state index in [2.05, 4.69) is 19.6 Å². The van der Waals surface area contributed by atoms with Gasteiger partial charge in [0.15, 0.2) is 30.8 Å². The minimum absolute atomic E-state index is 0. The van der Waals surface area contributed by atoms with Gasteiger partial charge in [0.25, 0.3) is 0 Å². The molecule has 0 bridgehead atoms. The Labute approximate surface area is 502 Å². The molecule has 0 aliphatic carbocycles. The molecule has 2 aliphatic rings. The van der Waals surface area contributed by atoms with E-state index in [4.69, 9.17) is 56.8 Å². The van der Waals surface area contributed by atoms with Crippen LogP contribution in [0.3, 0.4) is 0 Å². The summed E-state index contributed by atoms with van der Waals surface area (Å²) in [5.74, 6) is -3.40. The van der Waals surface area contributed by atoms with Gasteiger partial charge in [0, 0.05) is 34.4 Å². The van der Waals surface area contributed by atoms with Gasteiger partial charge in [0.1, 0.15) is 64.2 Å². The predicted octanol–water partition coefficient (Wildman–Crippen LogP) is 12.2. The Morgan fingerprint density at radius 1 is 0.694 bits per heavy atom. The molecule has 2 fully saturated rings. The first-order valence-corrected chi connectivity index (χ1v) is 31.5. The lowest BCUT2D eigenvalue weighted by atomic mass is 9.92. The Kier molecular flexibility index (Phi) is 28.1. The van der Waals surface area contributed by atoms with Crippen molar-refractivity contribution in [2.24, 2.45) is 5.92 Å². The van der Waals surface area contributed by atoms with Crippen molar-refractivity contribution >= 4 is 38.1 Å². The number of carbonyl (C=O) groups excluding carboxylic acids is 2. The van der Waals surface area contributed by atoms with E-state index in [-0.39, 0.29) is 56.0 Å². The molecule has 2 aliphatic heterocycles. The Bertz CT molecular complexity index is 2730. The lowest BCUT2D eigenvalue weighted by molar-refractivity contribution is -0.153. The predicted molar refractivity (Wildman–Crippen MR) is 324 cm³/mol. The summed E-state index contributed by atoms with van der Waals surface area (Å²) in [4.78, 5) is 38.6. The maximum Gasteiger partial charge on any atom is 0.342 e. The van der Waals surface area contributed by atoms with Crippen molar-refractivity contribution in [1.29, 1.82) is 0 Å². The smallest absolute Gasteiger partial charge is 0.342 e. The van der Waals surface area contributed by atoms with Crippen molar-refractivity contribution in [3.63, 3.8) is 0 Å². The fourth-order valence-electron chi connectivity index (χ4n) is 8.47. The molecule has 3 N–H and O–H groups in total. The Hall–Kier alpha value is -6.01. The van der Waals surface area contributed by atoms with Crippen LogP contribution in [0.2, 0.25) is 25.7 Å². The number of allylic oxidation sites excluding steroid dienone is 1. The molecule has 0 aromatic heterocycles. The topological polar surface area (TPSA) is 223 Å². The number of aromatic carboxylic acids is 1. The SMILES string of the molecule is C.COCOc1cc(OC)cc(/C=C/CC2OC(C)(C)OC2C(/C=C\C(C)(F)C(C)C)OC(=O)c2ccccc2)c1C(=O)OCC[Si](C)(C)C.COCOc1cc(OC)cc(/C=C/CC2OC(C)(C)OC2C(O)/C=C\C(C)(F)C(C)O)c1C(=O)O. The fraction of sp³-hybridized carbons (Fsp3) is 0.547. The second-order valence-corrected chi connectivity index (χ2v) is 28.8. The molecule has 3 aromatic carbocycles. The maximum absolute atomic E-state index is 15.4. The summed E-state index contributed by atoms with van der Waals surface area (Å²) in [6.45, 7) is 21.2. The quantitative estimate of drug-likeness (QED) is 0.0254. The largest absolute Gasteiger partial charge is 0.497 e. The molecular weight excluding hydrogens is 1120 g/mol. The number of hydrogen-bond donors (Lipinski definition) is 3. The lowest BCUT2D eigenvalue weighted by Crippen LogP contribution is -2.38. The molecule has 9 atom stereocenters. The molecule has 85 heavy (non-hydrogen) atoms. The summed E-state index contributed by atoms with van der Waals surface area (Å²) in [5.41, 5.74) is -2.30. The number of alkyl halides is 2. The number of esters is 2. The van der Waals surface area contributed by atoms with Crippen LogP contribution in [-0.2, 0) is 37.9 Å². The number of ether oxygens (including phenoxy) is 12. The monoisotopic (exact) mass is 1210 g/mol. The van der Waals surface area contributed by atoms with E-state index in [1.807, 2.05) is 6.08 Å². The van der Waals surface area contributed by atoms with Crippen LogP contribution in [0.25, 0.3) is 12.2 Å². The third-order valence-corrected chi connectivity index (χ3v) is 15.4. The van der Waals surface area contributed by atoms with Gasteiger partial charge >= 0.3 is 17.9 Å². The van der Waals surface area contributed by atoms with Gasteiger partial charge in [-0.05, 0) is 127 Å². The van der Waals surface area contributed by atoms with Gasteiger partial charge in [0.05, 0.1) is 44.7 Å². The van der Waals surface area contributed by atoms with Crippen LogP contribution in [-0.4, -0.2) is 156 Å². The number of aliphatic hydroxyl groups is 2. The van der Waals surface area contributed by atoms with E-state index in [0.717, 1.165) is 12.1 Å². The Morgan fingerprint density at radius 3 is 1.65 bits per heavy atom. The lowest BCUT2D eigenvalue weighted by Gasteiger charge is -2.26. The minimum atomic E-state index is -2.02. The van der Waals surface area contributed by atoms with Crippen LogP contribution < -0.4 is 18.9 Å². The maximum atomic E-state index is 15.4. The van der Waals surface area contributed by atoms with Crippen LogP contribution >= 0.6 is 0 Å². The fourth-order valence-corrected chi connectivity index (χ4v) is 9.19. The number of carboxylic acid groups (broad SMARTS) is 1. The Morgan fingerprint density at radius 2 is 1.18 bits per heavy atom. The van der Waals surface area contributed by atoms with Gasteiger partial charge in [-0.2, -0.15) is 0 Å². The van der Waals surface area contributed by atoms with E-state index in [9.17, 15) is 34.1 Å². The average molecular weight is 1220 g/mol. The van der Waals surface area contributed by atoms with E-state index in [1.54, 1.807) is 114 Å². The van der Waals surface area contributed by atoms with Crippen molar-refractivity contribution in [2.75, 3.05) is 48.6 Å². The van der Waals surface area contributed by atoms with Gasteiger partial charge in [-0.25, -0.2) is 23.2 Å². The second-order valence-electron chi connectivity index (χ2n) is 23.2. The van der Waals surface area contributed by atoms with Crippen LogP contribution in [0.1, 0.15) is 125 Å². The number of halogens is 2. The minimum Gasteiger partial charge on any atom is -0.497 e. The van der Waals surface area contributed by atoms with E-state index >= 15 is 4.39 Å². The highest BCUT2D eigenvalue weighted by atomic mass is 28.3. The molecule has 3 aromatic rings. The van der Waals surface area contributed by atoms with Crippen LogP contribution in [0.5, 0.6) is 23.0 Å². The molecule has 21 heteroatoms. The summed E-state index contributed by atoms with van der Waals surface area (Å²) >= 11 is 0. The molecule has 2 saturated heterocycles. The zero-order valence-corrected chi connectivity index (χ0v) is 52.4. The summed E-state index contributed by atoms with van der Waals surface area (Å²) < 4.78 is 97.7. The summed E-state index contributed by atoms with van der Waals surface area (Å²) in [6.07, 6.45) is 6.50. The van der Waals surface area contributed by atoms with Gasteiger partial charge in [0.2, 0.25) is 0 Å². The normalized spacial score (nSPS) is 20.9. The van der Waals surface area contributed by atoms with Crippen molar-refractivity contribution in [3.05, 3.63) is 119 Å². The Balaban J connectivity index is 0.000000465. The third kappa shape index (κ3) is 22.7. The first-order chi connectivity index (χ1) is 39.3. The highest BCUT2D eigenvalue weighted by Crippen LogP contribution is 2.38. The molecule has 0 amide bonds. The third-order valence-electron chi connectivity index (χ3n) is 13.7. The molecule has 0 saturated carbocycles. The highest BCUT2D eigenvalue weighted by Gasteiger charge is 2.46. The first-order valence-electron chi connectivity index (χ1n) is 27.8. The van der Waals surface area contributed by atoms with E-state index in [0.29, 0.717) is 41.2 Å². The summed E-state index contributed by atoms with van der Waals surface area (Å²) in [5, 5.41) is 29.9. The van der Waals surface area contributed by atoms with Crippen molar-refractivity contribution in [2.45, 2.75) is 174 Å². The average Bonchev–Trinajstić information content (AvgIpc) is 3.07. The van der Waals surface area contributed by atoms with Crippen LogP contribution in [0.15, 0.2) is 91.1 Å². The standard InChI is InChI=1S/C38H53FO9Si.C25H35FO9.CH4/c1-26(2)38(5,39)20-19-30(46-35(40)27-15-12-11-13-16-27)34-31(47-37(3,4)48-34)18-14-17-28-23-29(43-7)24-32(45-25-42-6)33(28)36(41)44-21-22-49(8,9)10;1-15(27)25(4,26)11-10-18(28)22-19(34-24(2,3)35-22)9-7-8-16-12-17(32-6)13-20(33-14-31-5)21(16)23(29)30;/h11-17,19-20,23-24,26,30-31,34H,18,21-22,25H2,1-10H3;7-8,10-13,15,18-19,22,27-28H,9,14H2,1-6H3,(H,29,30);1H4/b17-14+,20-19-;8-7+,11-10-;. The molecule has 18 nitrogen and oxygen atoms in total. The number of aliphatic hydroxyl groups excluding tert-OH is 2. The summed E-state index contributed by atoms with van der Waals surface area (Å²) in [7, 11) is 4.44. The van der Waals surface area contributed by atoms with Gasteiger partial charge in [-0.3, -0.25) is 0 Å². The van der Waals surface area contributed by atoms with Gasteiger partial charge < -0.3 is 72.2 Å². The number of methoxy groups -OCH3 is 4. The number of benzene rings is 3. The number of carboxylic acids is 1. The second kappa shape index (κ2) is 32.6. The zero-order chi connectivity index (χ0) is 62.8. The molecule has 0 spiro atoms. The van der Waals surface area contributed by atoms with Crippen LogP contribution in [0.4, 0.5) is 8.78 Å². The highest BCUT2D eigenvalue weighted by molar-refractivity contribution is 6.76. The van der Waals surface area contributed by atoms with Gasteiger partial charge in [-0.1, -0.05) is 89.5 Å². The van der Waals surface area contributed by atoms with E-state index < -0.39 is 91.6 Å². The summed E-state index contributed by atoms with van der Waals surface area (Å²) in [6, 6.07) is 15.8.